The van der Waals surface area contributed by atoms with Gasteiger partial charge in [0.05, 0.1) is 23.4 Å². The fraction of sp³-hybridized carbons (Fsp3) is 0.200. The lowest BCUT2D eigenvalue weighted by atomic mass is 10.3. The zero-order valence-corrected chi connectivity index (χ0v) is 17.2. The summed E-state index contributed by atoms with van der Waals surface area (Å²) in [5, 5.41) is 16.6. The lowest BCUT2D eigenvalue weighted by Gasteiger charge is -2.09. The third kappa shape index (κ3) is 4.90. The highest BCUT2D eigenvalue weighted by Crippen LogP contribution is 2.27. The molecule has 3 rings (SSSR count). The van der Waals surface area contributed by atoms with Crippen molar-refractivity contribution in [2.45, 2.75) is 18.6 Å². The number of sulfone groups is 1. The van der Waals surface area contributed by atoms with E-state index < -0.39 is 15.7 Å². The highest BCUT2D eigenvalue weighted by Gasteiger charge is 2.17. The summed E-state index contributed by atoms with van der Waals surface area (Å²) < 4.78 is 36.1. The van der Waals surface area contributed by atoms with Crippen LogP contribution in [0.5, 0.6) is 17.2 Å². The largest absolute Gasteiger partial charge is 0.506 e. The molecular formula is C20H21N3O6S. The van der Waals surface area contributed by atoms with Gasteiger partial charge < -0.3 is 19.9 Å². The van der Waals surface area contributed by atoms with Crippen LogP contribution in [-0.2, 0) is 16.6 Å². The van der Waals surface area contributed by atoms with Crippen LogP contribution in [0.15, 0.2) is 59.6 Å². The first kappa shape index (κ1) is 21.2. The summed E-state index contributed by atoms with van der Waals surface area (Å²) in [5.74, 6) is 0.375. The molecule has 2 aromatic carbocycles. The van der Waals surface area contributed by atoms with Crippen molar-refractivity contribution in [1.82, 2.24) is 9.78 Å². The number of benzene rings is 2. The molecule has 0 spiro atoms. The SMILES string of the molecule is CCS(=O)(=O)c1ccc(O)c(NC(=O)c2ccn(COc3ccc(OC)cc3)n2)c1. The van der Waals surface area contributed by atoms with Crippen molar-refractivity contribution < 1.29 is 27.8 Å². The third-order valence-electron chi connectivity index (χ3n) is 4.25. The molecule has 2 N–H and O–H groups in total. The van der Waals surface area contributed by atoms with Gasteiger partial charge in [-0.15, -0.1) is 0 Å². The second-order valence-electron chi connectivity index (χ2n) is 6.23. The number of nitrogens with zero attached hydrogens (tertiary/aromatic N) is 2. The fourth-order valence-corrected chi connectivity index (χ4v) is 3.44. The average Bonchev–Trinajstić information content (AvgIpc) is 3.23. The number of nitrogens with one attached hydrogen (secondary N) is 1. The fourth-order valence-electron chi connectivity index (χ4n) is 2.53. The lowest BCUT2D eigenvalue weighted by Crippen LogP contribution is -2.15. The van der Waals surface area contributed by atoms with Crippen LogP contribution in [-0.4, -0.2) is 42.1 Å². The van der Waals surface area contributed by atoms with E-state index in [2.05, 4.69) is 10.4 Å². The number of methoxy groups -OCH3 is 1. The predicted octanol–water partition coefficient (Wildman–Crippen LogP) is 2.68. The van der Waals surface area contributed by atoms with Gasteiger partial charge in [0.2, 0.25) is 0 Å². The quantitative estimate of drug-likeness (QED) is 0.526. The van der Waals surface area contributed by atoms with E-state index in [-0.39, 0.29) is 34.5 Å². The maximum Gasteiger partial charge on any atom is 0.276 e. The van der Waals surface area contributed by atoms with Gasteiger partial charge >= 0.3 is 0 Å². The summed E-state index contributed by atoms with van der Waals surface area (Å²) in [7, 11) is -1.90. The molecule has 0 radical (unpaired) electrons. The molecule has 0 bridgehead atoms. The number of aromatic nitrogens is 2. The summed E-state index contributed by atoms with van der Waals surface area (Å²) in [5.41, 5.74) is 0.0649. The van der Waals surface area contributed by atoms with Crippen molar-refractivity contribution in [1.29, 1.82) is 0 Å². The van der Waals surface area contributed by atoms with Crippen LogP contribution in [0.1, 0.15) is 17.4 Å². The van der Waals surface area contributed by atoms with Crippen LogP contribution >= 0.6 is 0 Å². The molecule has 0 aliphatic rings. The van der Waals surface area contributed by atoms with Crippen molar-refractivity contribution in [3.05, 3.63) is 60.4 Å². The minimum absolute atomic E-state index is 0.0107. The Labute approximate surface area is 173 Å². The molecule has 0 atom stereocenters. The van der Waals surface area contributed by atoms with Crippen molar-refractivity contribution in [2.24, 2.45) is 0 Å². The molecule has 30 heavy (non-hydrogen) atoms. The zero-order valence-electron chi connectivity index (χ0n) is 16.4. The van der Waals surface area contributed by atoms with E-state index in [0.29, 0.717) is 11.5 Å². The Bertz CT molecular complexity index is 1140. The highest BCUT2D eigenvalue weighted by atomic mass is 32.2. The highest BCUT2D eigenvalue weighted by molar-refractivity contribution is 7.91. The molecule has 3 aromatic rings. The molecule has 1 heterocycles. The number of hydrogen-bond donors (Lipinski definition) is 2. The Kier molecular flexibility index (Phi) is 6.26. The summed E-state index contributed by atoms with van der Waals surface area (Å²) in [6.45, 7) is 1.59. The first-order valence-electron chi connectivity index (χ1n) is 9.00. The molecule has 0 aliphatic carbocycles. The predicted molar refractivity (Wildman–Crippen MR) is 110 cm³/mol. The molecule has 1 amide bonds. The number of amides is 1. The van der Waals surface area contributed by atoms with Gasteiger partial charge in [-0.1, -0.05) is 6.92 Å². The molecule has 0 aliphatic heterocycles. The van der Waals surface area contributed by atoms with Crippen molar-refractivity contribution in [3.63, 3.8) is 0 Å². The van der Waals surface area contributed by atoms with E-state index in [1.54, 1.807) is 37.6 Å². The second kappa shape index (κ2) is 8.87. The second-order valence-corrected chi connectivity index (χ2v) is 8.50. The number of phenolic OH excluding ortho intramolecular Hbond substituents is 1. The van der Waals surface area contributed by atoms with Crippen molar-refractivity contribution >= 4 is 21.4 Å². The molecule has 0 saturated carbocycles. The van der Waals surface area contributed by atoms with E-state index in [9.17, 15) is 18.3 Å². The van der Waals surface area contributed by atoms with Gasteiger partial charge in [-0.25, -0.2) is 13.1 Å². The summed E-state index contributed by atoms with van der Waals surface area (Å²) in [6.07, 6.45) is 1.57. The van der Waals surface area contributed by atoms with E-state index >= 15 is 0 Å². The Hall–Kier alpha value is -3.53. The van der Waals surface area contributed by atoms with Crippen LogP contribution in [0.25, 0.3) is 0 Å². The van der Waals surface area contributed by atoms with Gasteiger partial charge in [0.1, 0.15) is 17.2 Å². The van der Waals surface area contributed by atoms with Gasteiger partial charge in [0.25, 0.3) is 5.91 Å². The number of phenols is 1. The maximum atomic E-state index is 12.5. The number of carbonyl (C=O) groups excluding carboxylic acids is 1. The van der Waals surface area contributed by atoms with Crippen LogP contribution in [0.3, 0.4) is 0 Å². The average molecular weight is 431 g/mol. The van der Waals surface area contributed by atoms with Crippen LogP contribution in [0.2, 0.25) is 0 Å². The van der Waals surface area contributed by atoms with E-state index in [4.69, 9.17) is 9.47 Å². The molecule has 0 fully saturated rings. The van der Waals surface area contributed by atoms with Gasteiger partial charge in [-0.2, -0.15) is 5.10 Å². The topological polar surface area (TPSA) is 120 Å². The van der Waals surface area contributed by atoms with Gasteiger partial charge in [-0.3, -0.25) is 4.79 Å². The van der Waals surface area contributed by atoms with Gasteiger partial charge in [-0.05, 0) is 48.5 Å². The minimum Gasteiger partial charge on any atom is -0.506 e. The van der Waals surface area contributed by atoms with Crippen LogP contribution in [0, 0.1) is 0 Å². The van der Waals surface area contributed by atoms with E-state index in [1.807, 2.05) is 0 Å². The maximum absolute atomic E-state index is 12.5. The van der Waals surface area contributed by atoms with Gasteiger partial charge in [0, 0.05) is 6.20 Å². The minimum atomic E-state index is -3.48. The van der Waals surface area contributed by atoms with Gasteiger partial charge in [0.15, 0.2) is 22.3 Å². The van der Waals surface area contributed by atoms with E-state index in [0.717, 1.165) is 0 Å². The standard InChI is InChI=1S/C20H21N3O6S/c1-3-30(26,27)16-8-9-19(24)18(12-16)21-20(25)17-10-11-23(22-17)13-29-15-6-4-14(28-2)5-7-15/h4-12,24H,3,13H2,1-2H3,(H,21,25). The summed E-state index contributed by atoms with van der Waals surface area (Å²) in [6, 6.07) is 12.2. The lowest BCUT2D eigenvalue weighted by molar-refractivity contribution is 0.101. The number of carbonyl (C=O) groups is 1. The molecule has 158 valence electrons. The Morgan fingerprint density at radius 3 is 2.50 bits per heavy atom. The number of aromatic hydroxyl groups is 1. The number of hydrogen-bond acceptors (Lipinski definition) is 7. The number of anilines is 1. The Morgan fingerprint density at radius 1 is 1.13 bits per heavy atom. The normalized spacial score (nSPS) is 11.1. The molecule has 0 saturated heterocycles. The summed E-state index contributed by atoms with van der Waals surface area (Å²) >= 11 is 0. The molecule has 10 heteroatoms. The zero-order chi connectivity index (χ0) is 21.7. The Morgan fingerprint density at radius 2 is 1.83 bits per heavy atom. The molecular weight excluding hydrogens is 410 g/mol. The van der Waals surface area contributed by atoms with Crippen molar-refractivity contribution in [3.8, 4) is 17.2 Å². The number of ether oxygens (including phenoxy) is 2. The first-order chi connectivity index (χ1) is 14.3. The smallest absolute Gasteiger partial charge is 0.276 e. The first-order valence-corrected chi connectivity index (χ1v) is 10.6. The Balaban J connectivity index is 1.67. The third-order valence-corrected chi connectivity index (χ3v) is 5.98. The molecule has 1 aromatic heterocycles. The monoisotopic (exact) mass is 431 g/mol. The summed E-state index contributed by atoms with van der Waals surface area (Å²) in [4.78, 5) is 12.5. The van der Waals surface area contributed by atoms with Crippen molar-refractivity contribution in [2.75, 3.05) is 18.2 Å². The molecule has 9 nitrogen and oxygen atoms in total. The molecule has 0 unspecified atom stereocenters. The van der Waals surface area contributed by atoms with E-state index in [1.165, 1.54) is 35.9 Å². The van der Waals surface area contributed by atoms with Crippen LogP contribution < -0.4 is 14.8 Å². The number of rotatable bonds is 8. The van der Waals surface area contributed by atoms with Crippen LogP contribution in [0.4, 0.5) is 5.69 Å².